The van der Waals surface area contributed by atoms with Gasteiger partial charge in [0.1, 0.15) is 6.33 Å². The molecule has 0 atom stereocenters. The molecule has 0 fully saturated rings. The molecule has 20 heavy (non-hydrogen) atoms. The van der Waals surface area contributed by atoms with Crippen molar-refractivity contribution in [3.63, 3.8) is 0 Å². The second-order valence-corrected chi connectivity index (χ2v) is 6.44. The van der Waals surface area contributed by atoms with Crippen LogP contribution in [0.1, 0.15) is 5.56 Å². The summed E-state index contributed by atoms with van der Waals surface area (Å²) >= 11 is 5.99. The largest absolute Gasteiger partial charge is 0.383 e. The number of aromatic nitrogens is 3. The van der Waals surface area contributed by atoms with E-state index in [1.807, 2.05) is 0 Å². The number of sulfone groups is 1. The van der Waals surface area contributed by atoms with E-state index in [1.165, 1.54) is 10.9 Å². The van der Waals surface area contributed by atoms with E-state index in [0.717, 1.165) is 0 Å². The molecule has 0 N–H and O–H groups in total. The third-order valence-electron chi connectivity index (χ3n) is 2.70. The minimum atomic E-state index is -3.60. The van der Waals surface area contributed by atoms with Crippen molar-refractivity contribution in [3.05, 3.63) is 41.2 Å². The van der Waals surface area contributed by atoms with E-state index in [1.54, 1.807) is 31.4 Å². The Morgan fingerprint density at radius 3 is 2.80 bits per heavy atom. The number of rotatable bonds is 6. The number of ether oxygens (including phenoxy) is 1. The highest BCUT2D eigenvalue weighted by Gasteiger charge is 2.23. The quantitative estimate of drug-likeness (QED) is 0.808. The fourth-order valence-electron chi connectivity index (χ4n) is 1.71. The molecule has 8 heteroatoms. The van der Waals surface area contributed by atoms with Crippen LogP contribution in [-0.4, -0.2) is 36.9 Å². The lowest BCUT2D eigenvalue weighted by Crippen LogP contribution is -2.15. The zero-order valence-corrected chi connectivity index (χ0v) is 12.4. The molecule has 2 aromatic rings. The Labute approximate surface area is 122 Å². The predicted molar refractivity (Wildman–Crippen MR) is 74.2 cm³/mol. The van der Waals surface area contributed by atoms with E-state index < -0.39 is 9.84 Å². The van der Waals surface area contributed by atoms with Gasteiger partial charge in [0.05, 0.1) is 12.4 Å². The highest BCUT2D eigenvalue weighted by atomic mass is 35.5. The standard InChI is InChI=1S/C12H14ClN3O3S/c1-19-7-6-16-9-14-15-12(16)20(17,18)8-10-4-2-3-5-11(10)13/h2-5,9H,6-8H2,1H3. The number of halogens is 1. The Morgan fingerprint density at radius 2 is 2.10 bits per heavy atom. The zero-order chi connectivity index (χ0) is 14.6. The number of hydrogen-bond acceptors (Lipinski definition) is 5. The van der Waals surface area contributed by atoms with Gasteiger partial charge in [-0.1, -0.05) is 29.8 Å². The molecule has 0 saturated carbocycles. The van der Waals surface area contributed by atoms with Crippen molar-refractivity contribution in [3.8, 4) is 0 Å². The number of hydrogen-bond donors (Lipinski definition) is 0. The van der Waals surface area contributed by atoms with Crippen molar-refractivity contribution in [2.24, 2.45) is 0 Å². The molecule has 0 saturated heterocycles. The SMILES string of the molecule is COCCn1cnnc1S(=O)(=O)Cc1ccccc1Cl. The van der Waals surface area contributed by atoms with Crippen LogP contribution in [0.5, 0.6) is 0 Å². The molecule has 0 amide bonds. The molecule has 1 aromatic heterocycles. The van der Waals surface area contributed by atoms with Crippen LogP contribution in [0.2, 0.25) is 5.02 Å². The second kappa shape index (κ2) is 6.34. The molecule has 0 aliphatic carbocycles. The molecular formula is C12H14ClN3O3S. The van der Waals surface area contributed by atoms with Gasteiger partial charge in [-0.25, -0.2) is 8.42 Å². The van der Waals surface area contributed by atoms with Crippen LogP contribution in [0.4, 0.5) is 0 Å². The lowest BCUT2D eigenvalue weighted by molar-refractivity contribution is 0.184. The average Bonchev–Trinajstić information content (AvgIpc) is 2.88. The molecule has 0 radical (unpaired) electrons. The Morgan fingerprint density at radius 1 is 1.35 bits per heavy atom. The molecule has 2 rings (SSSR count). The van der Waals surface area contributed by atoms with Crippen LogP contribution in [0.15, 0.2) is 35.7 Å². The first-order valence-electron chi connectivity index (χ1n) is 5.87. The van der Waals surface area contributed by atoms with Gasteiger partial charge in [0.25, 0.3) is 0 Å². The van der Waals surface area contributed by atoms with Gasteiger partial charge >= 0.3 is 0 Å². The first-order valence-corrected chi connectivity index (χ1v) is 7.90. The van der Waals surface area contributed by atoms with Gasteiger partial charge in [-0.3, -0.25) is 0 Å². The van der Waals surface area contributed by atoms with Crippen LogP contribution in [0.25, 0.3) is 0 Å². The first-order chi connectivity index (χ1) is 9.54. The second-order valence-electron chi connectivity index (χ2n) is 4.15. The van der Waals surface area contributed by atoms with E-state index in [-0.39, 0.29) is 10.9 Å². The third-order valence-corrected chi connectivity index (χ3v) is 4.63. The van der Waals surface area contributed by atoms with Crippen LogP contribution in [-0.2, 0) is 26.9 Å². The van der Waals surface area contributed by atoms with Gasteiger partial charge in [-0.15, -0.1) is 10.2 Å². The summed E-state index contributed by atoms with van der Waals surface area (Å²) in [5, 5.41) is 7.68. The summed E-state index contributed by atoms with van der Waals surface area (Å²) in [5.41, 5.74) is 0.537. The summed E-state index contributed by atoms with van der Waals surface area (Å²) in [6.07, 6.45) is 1.37. The molecule has 0 unspecified atom stereocenters. The number of methoxy groups -OCH3 is 1. The Hall–Kier alpha value is -1.44. The van der Waals surface area contributed by atoms with E-state index in [2.05, 4.69) is 10.2 Å². The third kappa shape index (κ3) is 3.36. The van der Waals surface area contributed by atoms with Crippen molar-refractivity contribution < 1.29 is 13.2 Å². The lowest BCUT2D eigenvalue weighted by Gasteiger charge is -2.08. The maximum atomic E-state index is 12.4. The lowest BCUT2D eigenvalue weighted by atomic mass is 10.2. The van der Waals surface area contributed by atoms with Crippen LogP contribution in [0.3, 0.4) is 0 Å². The first kappa shape index (κ1) is 15.0. The van der Waals surface area contributed by atoms with Crippen molar-refractivity contribution in [1.29, 1.82) is 0 Å². The average molecular weight is 316 g/mol. The summed E-state index contributed by atoms with van der Waals surface area (Å²) in [7, 11) is -2.06. The number of nitrogens with zero attached hydrogens (tertiary/aromatic N) is 3. The molecule has 108 valence electrons. The Balaban J connectivity index is 2.27. The van der Waals surface area contributed by atoms with Crippen LogP contribution < -0.4 is 0 Å². The Bertz CT molecular complexity index is 685. The molecule has 1 heterocycles. The van der Waals surface area contributed by atoms with Gasteiger partial charge in [0, 0.05) is 18.7 Å². The van der Waals surface area contributed by atoms with Crippen LogP contribution >= 0.6 is 11.6 Å². The maximum Gasteiger partial charge on any atom is 0.249 e. The molecule has 0 bridgehead atoms. The molecule has 6 nitrogen and oxygen atoms in total. The van der Waals surface area contributed by atoms with E-state index in [0.29, 0.717) is 23.7 Å². The smallest absolute Gasteiger partial charge is 0.249 e. The fourth-order valence-corrected chi connectivity index (χ4v) is 3.45. The molecule has 1 aromatic carbocycles. The molecule has 0 aliphatic heterocycles. The highest BCUT2D eigenvalue weighted by molar-refractivity contribution is 7.90. The van der Waals surface area contributed by atoms with Crippen molar-refractivity contribution in [2.45, 2.75) is 17.5 Å². The van der Waals surface area contributed by atoms with Gasteiger partial charge < -0.3 is 9.30 Å². The predicted octanol–water partition coefficient (Wildman–Crippen LogP) is 1.55. The topological polar surface area (TPSA) is 74.1 Å². The zero-order valence-electron chi connectivity index (χ0n) is 10.9. The molecule has 0 aliphatic rings. The van der Waals surface area contributed by atoms with E-state index >= 15 is 0 Å². The summed E-state index contributed by atoms with van der Waals surface area (Å²) in [6.45, 7) is 0.757. The normalized spacial score (nSPS) is 11.7. The van der Waals surface area contributed by atoms with Crippen molar-refractivity contribution in [2.75, 3.05) is 13.7 Å². The number of benzene rings is 1. The van der Waals surface area contributed by atoms with Crippen molar-refractivity contribution in [1.82, 2.24) is 14.8 Å². The van der Waals surface area contributed by atoms with Crippen LogP contribution in [0, 0.1) is 0 Å². The van der Waals surface area contributed by atoms with Gasteiger partial charge in [-0.05, 0) is 11.6 Å². The molecular weight excluding hydrogens is 302 g/mol. The summed E-state index contributed by atoms with van der Waals surface area (Å²) in [6, 6.07) is 6.82. The highest BCUT2D eigenvalue weighted by Crippen LogP contribution is 2.20. The van der Waals surface area contributed by atoms with Gasteiger partial charge in [0.15, 0.2) is 0 Å². The summed E-state index contributed by atoms with van der Waals surface area (Å²) in [5.74, 6) is -0.210. The maximum absolute atomic E-state index is 12.4. The van der Waals surface area contributed by atoms with Gasteiger partial charge in [0.2, 0.25) is 15.0 Å². The Kier molecular flexibility index (Phi) is 4.74. The molecule has 0 spiro atoms. The van der Waals surface area contributed by atoms with E-state index in [4.69, 9.17) is 16.3 Å². The van der Waals surface area contributed by atoms with Gasteiger partial charge in [-0.2, -0.15) is 0 Å². The summed E-state index contributed by atoms with van der Waals surface area (Å²) < 4.78 is 31.1. The minimum absolute atomic E-state index is 0.0746. The summed E-state index contributed by atoms with van der Waals surface area (Å²) in [4.78, 5) is 0. The van der Waals surface area contributed by atoms with E-state index in [9.17, 15) is 8.42 Å². The fraction of sp³-hybridized carbons (Fsp3) is 0.333. The minimum Gasteiger partial charge on any atom is -0.383 e. The monoisotopic (exact) mass is 315 g/mol. The van der Waals surface area contributed by atoms with Crippen molar-refractivity contribution >= 4 is 21.4 Å².